The van der Waals surface area contributed by atoms with E-state index in [9.17, 15) is 29.4 Å². The number of carbonyl (C=O) groups excluding carboxylic acids is 4. The molecule has 3 aromatic rings. The van der Waals surface area contributed by atoms with Gasteiger partial charge in [0, 0.05) is 30.3 Å². The molecule has 0 spiro atoms. The standard InChI is InChI=1S/C45H65N5O11/c1-26(2)34(40(53)47-24-28-18-20-30(57-9)23-32(28)51)49-41(54)35(46-25-29-19-21-33(58-10)38(60-12)37(29)59-11)36(52)31(22-27-16-14-13-15-17-27)48-42(55)39(44(3,4)5)50-43(56)61-45(6,7)8/h13-21,23,26,31,34-36,39,46,51-52H,22,24-25H2,1-12H3,(H,47,53)(H,48,55)(H,49,54)(H,50,56)/t31-,34-,35+,36+,39+/m0/s1. The second kappa shape index (κ2) is 22.2. The number of ether oxygens (including phenoxy) is 5. The van der Waals surface area contributed by atoms with E-state index < -0.39 is 71.0 Å². The molecule has 0 bridgehead atoms. The Morgan fingerprint density at radius 1 is 0.689 bits per heavy atom. The van der Waals surface area contributed by atoms with Crippen LogP contribution in [0.1, 0.15) is 72.1 Å². The maximum atomic E-state index is 14.6. The summed E-state index contributed by atoms with van der Waals surface area (Å²) >= 11 is 0. The molecule has 336 valence electrons. The first kappa shape index (κ1) is 49.6. The highest BCUT2D eigenvalue weighted by Crippen LogP contribution is 2.39. The van der Waals surface area contributed by atoms with Crippen LogP contribution in [0.5, 0.6) is 28.7 Å². The average molecular weight is 852 g/mol. The molecule has 16 nitrogen and oxygen atoms in total. The van der Waals surface area contributed by atoms with Gasteiger partial charge in [0.25, 0.3) is 0 Å². The Kier molecular flexibility index (Phi) is 18.1. The van der Waals surface area contributed by atoms with Crippen LogP contribution < -0.4 is 45.5 Å². The number of nitrogens with one attached hydrogen (secondary N) is 5. The predicted molar refractivity (Wildman–Crippen MR) is 231 cm³/mol. The first-order chi connectivity index (χ1) is 28.6. The van der Waals surface area contributed by atoms with Crippen molar-refractivity contribution in [3.63, 3.8) is 0 Å². The van der Waals surface area contributed by atoms with E-state index in [0.29, 0.717) is 34.1 Å². The van der Waals surface area contributed by atoms with E-state index in [2.05, 4.69) is 26.6 Å². The van der Waals surface area contributed by atoms with Crippen LogP contribution in [0.2, 0.25) is 0 Å². The molecule has 0 unspecified atom stereocenters. The highest BCUT2D eigenvalue weighted by atomic mass is 16.6. The fourth-order valence-electron chi connectivity index (χ4n) is 6.51. The maximum absolute atomic E-state index is 14.6. The van der Waals surface area contributed by atoms with Crippen LogP contribution in [0, 0.1) is 11.3 Å². The largest absolute Gasteiger partial charge is 0.507 e. The summed E-state index contributed by atoms with van der Waals surface area (Å²) in [5.41, 5.74) is 0.0563. The van der Waals surface area contributed by atoms with Crippen molar-refractivity contribution in [3.05, 3.63) is 77.4 Å². The minimum absolute atomic E-state index is 0.0470. The zero-order valence-corrected chi connectivity index (χ0v) is 37.4. The molecular formula is C45H65N5O11. The number of carbonyl (C=O) groups is 4. The Bertz CT molecular complexity index is 1930. The van der Waals surface area contributed by atoms with E-state index in [-0.39, 0.29) is 25.3 Å². The van der Waals surface area contributed by atoms with Gasteiger partial charge in [-0.3, -0.25) is 19.7 Å². The molecule has 0 fully saturated rings. The van der Waals surface area contributed by atoms with E-state index >= 15 is 0 Å². The third-order valence-electron chi connectivity index (χ3n) is 9.74. The Labute approximate surface area is 359 Å². The summed E-state index contributed by atoms with van der Waals surface area (Å²) < 4.78 is 27.3. The number of hydrogen-bond donors (Lipinski definition) is 7. The zero-order valence-electron chi connectivity index (χ0n) is 37.4. The van der Waals surface area contributed by atoms with Crippen LogP contribution in [0.15, 0.2) is 60.7 Å². The van der Waals surface area contributed by atoms with E-state index in [4.69, 9.17) is 23.7 Å². The van der Waals surface area contributed by atoms with Crippen molar-refractivity contribution in [2.45, 2.75) is 111 Å². The number of benzene rings is 3. The number of aliphatic hydroxyl groups excluding tert-OH is 1. The zero-order chi connectivity index (χ0) is 45.7. The van der Waals surface area contributed by atoms with Gasteiger partial charge in [0.2, 0.25) is 23.5 Å². The number of methoxy groups -OCH3 is 4. The molecule has 0 aromatic heterocycles. The molecular weight excluding hydrogens is 787 g/mol. The first-order valence-electron chi connectivity index (χ1n) is 20.1. The second-order valence-electron chi connectivity index (χ2n) is 17.0. The van der Waals surface area contributed by atoms with Crippen LogP contribution in [0.3, 0.4) is 0 Å². The van der Waals surface area contributed by atoms with Gasteiger partial charge in [-0.05, 0) is 62.3 Å². The number of hydrogen-bond acceptors (Lipinski definition) is 12. The molecule has 16 heteroatoms. The molecule has 0 heterocycles. The number of rotatable bonds is 20. The molecule has 4 amide bonds. The summed E-state index contributed by atoms with van der Waals surface area (Å²) in [7, 11) is 5.88. The molecule has 0 aliphatic carbocycles. The van der Waals surface area contributed by atoms with Gasteiger partial charge >= 0.3 is 6.09 Å². The topological polar surface area (TPSA) is 215 Å². The number of amides is 4. The van der Waals surface area contributed by atoms with Crippen molar-refractivity contribution in [2.75, 3.05) is 28.4 Å². The van der Waals surface area contributed by atoms with Gasteiger partial charge < -0.3 is 55.2 Å². The highest BCUT2D eigenvalue weighted by molar-refractivity contribution is 5.91. The van der Waals surface area contributed by atoms with Crippen molar-refractivity contribution in [1.29, 1.82) is 0 Å². The molecule has 0 aliphatic heterocycles. The van der Waals surface area contributed by atoms with Crippen molar-refractivity contribution in [2.24, 2.45) is 11.3 Å². The summed E-state index contributed by atoms with van der Waals surface area (Å²) in [6.45, 7) is 13.9. The lowest BCUT2D eigenvalue weighted by atomic mass is 9.85. The smallest absolute Gasteiger partial charge is 0.408 e. The van der Waals surface area contributed by atoms with Crippen molar-refractivity contribution < 1.29 is 53.1 Å². The monoisotopic (exact) mass is 851 g/mol. The van der Waals surface area contributed by atoms with Crippen LogP contribution in [-0.4, -0.2) is 98.3 Å². The Balaban J connectivity index is 2.06. The summed E-state index contributed by atoms with van der Waals surface area (Å²) in [6.07, 6.45) is -2.36. The number of phenols is 1. The molecule has 0 radical (unpaired) electrons. The lowest BCUT2D eigenvalue weighted by Crippen LogP contribution is -2.64. The van der Waals surface area contributed by atoms with E-state index in [0.717, 1.165) is 5.56 Å². The van der Waals surface area contributed by atoms with Crippen LogP contribution in [0.4, 0.5) is 4.79 Å². The summed E-state index contributed by atoms with van der Waals surface area (Å²) in [6, 6.07) is 12.4. The molecule has 61 heavy (non-hydrogen) atoms. The van der Waals surface area contributed by atoms with Gasteiger partial charge in [-0.25, -0.2) is 4.79 Å². The molecule has 7 N–H and O–H groups in total. The fourth-order valence-corrected chi connectivity index (χ4v) is 6.51. The second-order valence-corrected chi connectivity index (χ2v) is 17.0. The van der Waals surface area contributed by atoms with Crippen LogP contribution in [0.25, 0.3) is 0 Å². The third-order valence-corrected chi connectivity index (χ3v) is 9.74. The lowest BCUT2D eigenvalue weighted by Gasteiger charge is -2.36. The average Bonchev–Trinajstić information content (AvgIpc) is 3.19. The van der Waals surface area contributed by atoms with Gasteiger partial charge in [0.15, 0.2) is 11.5 Å². The lowest BCUT2D eigenvalue weighted by molar-refractivity contribution is -0.134. The highest BCUT2D eigenvalue weighted by Gasteiger charge is 2.40. The van der Waals surface area contributed by atoms with Gasteiger partial charge in [-0.2, -0.15) is 0 Å². The van der Waals surface area contributed by atoms with E-state index in [1.54, 1.807) is 79.7 Å². The normalized spacial score (nSPS) is 14.1. The van der Waals surface area contributed by atoms with Crippen LogP contribution in [-0.2, 0) is 38.6 Å². The number of phenolic OH excluding ortho intramolecular Hbond substituents is 1. The van der Waals surface area contributed by atoms with Crippen LogP contribution >= 0.6 is 0 Å². The quantitative estimate of drug-likeness (QED) is 0.0845. The Morgan fingerprint density at radius 3 is 1.87 bits per heavy atom. The number of alkyl carbamates (subject to hydrolysis) is 1. The Morgan fingerprint density at radius 2 is 1.33 bits per heavy atom. The molecule has 3 aromatic carbocycles. The van der Waals surface area contributed by atoms with Gasteiger partial charge in [0.05, 0.1) is 40.6 Å². The molecule has 5 atom stereocenters. The van der Waals surface area contributed by atoms with E-state index in [1.807, 2.05) is 30.3 Å². The first-order valence-corrected chi connectivity index (χ1v) is 20.1. The van der Waals surface area contributed by atoms with Gasteiger partial charge in [-0.1, -0.05) is 71.0 Å². The Hall–Kier alpha value is -5.74. The van der Waals surface area contributed by atoms with Crippen molar-refractivity contribution in [3.8, 4) is 28.7 Å². The molecule has 0 aliphatic rings. The van der Waals surface area contributed by atoms with Gasteiger partial charge in [0.1, 0.15) is 35.2 Å². The molecule has 0 saturated heterocycles. The van der Waals surface area contributed by atoms with Gasteiger partial charge in [-0.15, -0.1) is 0 Å². The maximum Gasteiger partial charge on any atom is 0.408 e. The summed E-state index contributed by atoms with van der Waals surface area (Å²) in [5.74, 6) is -0.941. The molecule has 3 rings (SSSR count). The molecule has 0 saturated carbocycles. The third kappa shape index (κ3) is 14.5. The minimum atomic E-state index is -1.63. The minimum Gasteiger partial charge on any atom is -0.507 e. The number of aromatic hydroxyl groups is 1. The summed E-state index contributed by atoms with van der Waals surface area (Å²) in [5, 5.41) is 37.3. The van der Waals surface area contributed by atoms with Crippen molar-refractivity contribution >= 4 is 23.8 Å². The number of aliphatic hydroxyl groups is 1. The SMILES string of the molecule is COc1ccc(CNC(=O)[C@@H](NC(=O)[C@H](NCc2ccc(OC)c(OC)c2OC)[C@H](O)[C@H](Cc2ccccc2)NC(=O)[C@@H](NC(=O)OC(C)(C)C)C(C)(C)C)C(C)C)c(O)c1. The van der Waals surface area contributed by atoms with Crippen molar-refractivity contribution in [1.82, 2.24) is 26.6 Å². The fraction of sp³-hybridized carbons (Fsp3) is 0.511. The summed E-state index contributed by atoms with van der Waals surface area (Å²) in [4.78, 5) is 55.5. The van der Waals surface area contributed by atoms with E-state index in [1.165, 1.54) is 34.5 Å². The predicted octanol–water partition coefficient (Wildman–Crippen LogP) is 4.37.